The predicted octanol–water partition coefficient (Wildman–Crippen LogP) is 5.11. The summed E-state index contributed by atoms with van der Waals surface area (Å²) in [6.07, 6.45) is 0. The second kappa shape index (κ2) is 4.64. The lowest BCUT2D eigenvalue weighted by molar-refractivity contribution is -0.380. The maximum absolute atomic E-state index is 10.7. The summed E-state index contributed by atoms with van der Waals surface area (Å²) in [4.78, 5) is 14.8. The molecule has 0 radical (unpaired) electrons. The average Bonchev–Trinajstić information content (AvgIpc) is 3.10. The van der Waals surface area contributed by atoms with Crippen LogP contribution in [-0.4, -0.2) is 4.92 Å². The summed E-state index contributed by atoms with van der Waals surface area (Å²) in [5, 5.41) is 12.9. The molecule has 6 heteroatoms. The Balaban J connectivity index is 1.95. The number of nitro groups is 1. The van der Waals surface area contributed by atoms with Crippen LogP contribution < -0.4 is 0 Å². The number of thiophene rings is 3. The molecule has 90 valence electrons. The molecule has 0 atom stereocenters. The first kappa shape index (κ1) is 11.6. The maximum atomic E-state index is 10.7. The minimum Gasteiger partial charge on any atom is -0.258 e. The molecule has 0 fully saturated rings. The van der Waals surface area contributed by atoms with Crippen molar-refractivity contribution in [2.24, 2.45) is 0 Å². The molecular weight excluding hydrogens is 286 g/mol. The topological polar surface area (TPSA) is 43.1 Å². The van der Waals surface area contributed by atoms with Crippen LogP contribution in [0.2, 0.25) is 0 Å². The van der Waals surface area contributed by atoms with E-state index in [2.05, 4.69) is 12.1 Å². The first-order valence-electron chi connectivity index (χ1n) is 5.12. The molecule has 0 bridgehead atoms. The van der Waals surface area contributed by atoms with Gasteiger partial charge in [-0.2, -0.15) is 0 Å². The monoisotopic (exact) mass is 293 g/mol. The Morgan fingerprint density at radius 3 is 2.17 bits per heavy atom. The second-order valence-corrected chi connectivity index (χ2v) is 6.63. The van der Waals surface area contributed by atoms with Gasteiger partial charge in [0.2, 0.25) is 0 Å². The highest BCUT2D eigenvalue weighted by Crippen LogP contribution is 2.40. The molecule has 3 aromatic heterocycles. The van der Waals surface area contributed by atoms with Crippen LogP contribution in [0.3, 0.4) is 0 Å². The van der Waals surface area contributed by atoms with E-state index >= 15 is 0 Å². The van der Waals surface area contributed by atoms with Gasteiger partial charge in [0.25, 0.3) is 0 Å². The largest absolute Gasteiger partial charge is 0.324 e. The molecule has 0 unspecified atom stereocenters. The normalized spacial score (nSPS) is 10.7. The molecule has 0 aromatic carbocycles. The Kier molecular flexibility index (Phi) is 2.99. The number of nitrogens with zero attached hydrogens (tertiary/aromatic N) is 1. The summed E-state index contributed by atoms with van der Waals surface area (Å²) in [5.41, 5.74) is 0. The van der Waals surface area contributed by atoms with Crippen molar-refractivity contribution in [2.75, 3.05) is 0 Å². The summed E-state index contributed by atoms with van der Waals surface area (Å²) >= 11 is 4.59. The van der Waals surface area contributed by atoms with Crippen molar-refractivity contribution in [1.29, 1.82) is 0 Å². The lowest BCUT2D eigenvalue weighted by atomic mass is 10.3. The first-order chi connectivity index (χ1) is 8.74. The lowest BCUT2D eigenvalue weighted by Gasteiger charge is -1.89. The van der Waals surface area contributed by atoms with Gasteiger partial charge in [-0.3, -0.25) is 10.1 Å². The third-order valence-corrected chi connectivity index (χ3v) is 5.77. The zero-order chi connectivity index (χ0) is 12.5. The highest BCUT2D eigenvalue weighted by atomic mass is 32.1. The molecule has 0 aliphatic carbocycles. The standard InChI is InChI=1S/C12H7NO2S3/c14-13(15)12-6-5-11(18-12)10-4-3-9(17-10)8-2-1-7-16-8/h1-7H. The van der Waals surface area contributed by atoms with E-state index in [1.54, 1.807) is 28.7 Å². The van der Waals surface area contributed by atoms with Gasteiger partial charge in [0.15, 0.2) is 0 Å². The Bertz CT molecular complexity index is 682. The third kappa shape index (κ3) is 2.10. The van der Waals surface area contributed by atoms with Crippen LogP contribution in [0.5, 0.6) is 0 Å². The number of hydrogen-bond acceptors (Lipinski definition) is 5. The molecule has 0 aliphatic heterocycles. The highest BCUT2D eigenvalue weighted by molar-refractivity contribution is 7.26. The lowest BCUT2D eigenvalue weighted by Crippen LogP contribution is -1.80. The van der Waals surface area contributed by atoms with Gasteiger partial charge in [0.05, 0.1) is 9.80 Å². The zero-order valence-electron chi connectivity index (χ0n) is 9.03. The summed E-state index contributed by atoms with van der Waals surface area (Å²) in [6, 6.07) is 11.6. The first-order valence-corrected chi connectivity index (χ1v) is 7.63. The van der Waals surface area contributed by atoms with E-state index < -0.39 is 0 Å². The SMILES string of the molecule is O=[N+]([O-])c1ccc(-c2ccc(-c3cccs3)s2)s1. The van der Waals surface area contributed by atoms with Crippen molar-refractivity contribution in [1.82, 2.24) is 0 Å². The summed E-state index contributed by atoms with van der Waals surface area (Å²) in [5.74, 6) is 0. The smallest absolute Gasteiger partial charge is 0.258 e. The summed E-state index contributed by atoms with van der Waals surface area (Å²) in [7, 11) is 0. The van der Waals surface area contributed by atoms with Crippen LogP contribution in [0, 0.1) is 10.1 Å². The molecular formula is C12H7NO2S3. The van der Waals surface area contributed by atoms with Gasteiger partial charge in [0, 0.05) is 20.7 Å². The third-order valence-electron chi connectivity index (χ3n) is 2.38. The van der Waals surface area contributed by atoms with Gasteiger partial charge in [-0.1, -0.05) is 17.4 Å². The molecule has 18 heavy (non-hydrogen) atoms. The zero-order valence-corrected chi connectivity index (χ0v) is 11.5. The van der Waals surface area contributed by atoms with Gasteiger partial charge in [-0.15, -0.1) is 22.7 Å². The van der Waals surface area contributed by atoms with Gasteiger partial charge < -0.3 is 0 Å². The molecule has 0 amide bonds. The molecule has 0 spiro atoms. The minimum absolute atomic E-state index is 0.191. The maximum Gasteiger partial charge on any atom is 0.324 e. The van der Waals surface area contributed by atoms with Crippen LogP contribution in [0.15, 0.2) is 41.8 Å². The average molecular weight is 293 g/mol. The van der Waals surface area contributed by atoms with Crippen molar-refractivity contribution in [3.63, 3.8) is 0 Å². The molecule has 0 aliphatic rings. The van der Waals surface area contributed by atoms with Crippen molar-refractivity contribution < 1.29 is 4.92 Å². The quantitative estimate of drug-likeness (QED) is 0.497. The second-order valence-electron chi connectivity index (χ2n) is 3.54. The van der Waals surface area contributed by atoms with Crippen LogP contribution in [-0.2, 0) is 0 Å². The molecule has 3 rings (SSSR count). The summed E-state index contributed by atoms with van der Waals surface area (Å²) < 4.78 is 0. The fourth-order valence-corrected chi connectivity index (χ4v) is 4.33. The van der Waals surface area contributed by atoms with E-state index in [1.165, 1.54) is 21.1 Å². The molecule has 0 saturated heterocycles. The number of hydrogen-bond donors (Lipinski definition) is 0. The van der Waals surface area contributed by atoms with Crippen LogP contribution in [0.25, 0.3) is 19.5 Å². The molecule has 3 nitrogen and oxygen atoms in total. The Labute approximate surface area is 115 Å². The van der Waals surface area contributed by atoms with E-state index in [9.17, 15) is 10.1 Å². The van der Waals surface area contributed by atoms with E-state index in [1.807, 2.05) is 23.6 Å². The van der Waals surface area contributed by atoms with Crippen molar-refractivity contribution >= 4 is 39.0 Å². The van der Waals surface area contributed by atoms with Crippen LogP contribution >= 0.6 is 34.0 Å². The molecule has 3 heterocycles. The van der Waals surface area contributed by atoms with Gasteiger partial charge in [0.1, 0.15) is 0 Å². The number of rotatable bonds is 3. The Morgan fingerprint density at radius 2 is 1.56 bits per heavy atom. The van der Waals surface area contributed by atoms with Crippen molar-refractivity contribution in [3.05, 3.63) is 51.9 Å². The van der Waals surface area contributed by atoms with Gasteiger partial charge in [-0.05, 0) is 29.6 Å². The van der Waals surface area contributed by atoms with Crippen LogP contribution in [0.4, 0.5) is 5.00 Å². The van der Waals surface area contributed by atoms with Crippen LogP contribution in [0.1, 0.15) is 0 Å². The molecule has 0 saturated carbocycles. The predicted molar refractivity (Wildman–Crippen MR) is 77.6 cm³/mol. The molecule has 0 N–H and O–H groups in total. The fourth-order valence-electron chi connectivity index (χ4n) is 1.58. The van der Waals surface area contributed by atoms with E-state index in [0.717, 1.165) is 9.75 Å². The van der Waals surface area contributed by atoms with E-state index in [0.29, 0.717) is 0 Å². The summed E-state index contributed by atoms with van der Waals surface area (Å²) in [6.45, 7) is 0. The highest BCUT2D eigenvalue weighted by Gasteiger charge is 2.13. The van der Waals surface area contributed by atoms with Gasteiger partial charge in [-0.25, -0.2) is 0 Å². The Morgan fingerprint density at radius 1 is 0.889 bits per heavy atom. The fraction of sp³-hybridized carbons (Fsp3) is 0. The van der Waals surface area contributed by atoms with E-state index in [4.69, 9.17) is 0 Å². The molecule has 3 aromatic rings. The van der Waals surface area contributed by atoms with Crippen molar-refractivity contribution in [2.45, 2.75) is 0 Å². The van der Waals surface area contributed by atoms with Crippen molar-refractivity contribution in [3.8, 4) is 19.5 Å². The Hall–Kier alpha value is -1.50. The van der Waals surface area contributed by atoms with Gasteiger partial charge >= 0.3 is 5.00 Å². The van der Waals surface area contributed by atoms with E-state index in [-0.39, 0.29) is 9.92 Å². The minimum atomic E-state index is -0.345.